The van der Waals surface area contributed by atoms with Crippen LogP contribution in [0.3, 0.4) is 0 Å². The normalized spacial score (nSPS) is 21.9. The molecule has 0 aliphatic carbocycles. The highest BCUT2D eigenvalue weighted by Crippen LogP contribution is 2.06. The minimum atomic E-state index is 0.387. The molecule has 0 atom stereocenters. The highest BCUT2D eigenvalue weighted by molar-refractivity contribution is 4.71. The van der Waals surface area contributed by atoms with Gasteiger partial charge in [0.25, 0.3) is 0 Å². The molecule has 2 aliphatic rings. The largest absolute Gasteiger partial charge is 0.377 e. The van der Waals surface area contributed by atoms with Gasteiger partial charge in [0.2, 0.25) is 0 Å². The lowest BCUT2D eigenvalue weighted by Gasteiger charge is -2.34. The summed E-state index contributed by atoms with van der Waals surface area (Å²) >= 11 is 0. The van der Waals surface area contributed by atoms with Gasteiger partial charge in [0, 0.05) is 38.8 Å². The van der Waals surface area contributed by atoms with Crippen LogP contribution in [-0.2, 0) is 4.74 Å². The SMILES string of the molecule is CC(C)N1CCN(C)CC1.CC(C)OCCN1CCCC1. The Labute approximate surface area is 132 Å². The topological polar surface area (TPSA) is 19.0 Å². The molecule has 2 aliphatic heterocycles. The van der Waals surface area contributed by atoms with Crippen LogP contribution in [-0.4, -0.2) is 86.3 Å². The Morgan fingerprint density at radius 2 is 1.43 bits per heavy atom. The first-order chi connectivity index (χ1) is 9.99. The summed E-state index contributed by atoms with van der Waals surface area (Å²) in [7, 11) is 2.19. The number of rotatable bonds is 5. The van der Waals surface area contributed by atoms with E-state index in [1.54, 1.807) is 0 Å². The maximum Gasteiger partial charge on any atom is 0.0596 e. The van der Waals surface area contributed by atoms with Crippen molar-refractivity contribution in [3.63, 3.8) is 0 Å². The Morgan fingerprint density at radius 1 is 0.857 bits per heavy atom. The first kappa shape index (κ1) is 18.9. The van der Waals surface area contributed by atoms with Gasteiger partial charge in [0.1, 0.15) is 0 Å². The van der Waals surface area contributed by atoms with Crippen LogP contribution in [0.1, 0.15) is 40.5 Å². The van der Waals surface area contributed by atoms with Gasteiger partial charge in [-0.1, -0.05) is 0 Å². The first-order valence-electron chi connectivity index (χ1n) is 8.75. The molecule has 0 aromatic carbocycles. The van der Waals surface area contributed by atoms with Gasteiger partial charge < -0.3 is 14.5 Å². The van der Waals surface area contributed by atoms with E-state index in [4.69, 9.17) is 4.74 Å². The molecule has 0 radical (unpaired) electrons. The number of ether oxygens (including phenoxy) is 1. The average Bonchev–Trinajstić information content (AvgIpc) is 2.93. The summed E-state index contributed by atoms with van der Waals surface area (Å²) in [5.74, 6) is 0. The van der Waals surface area contributed by atoms with Crippen LogP contribution in [0.5, 0.6) is 0 Å². The summed E-state index contributed by atoms with van der Waals surface area (Å²) in [6.45, 7) is 18.3. The molecule has 0 aromatic heterocycles. The molecule has 4 heteroatoms. The maximum atomic E-state index is 5.46. The Kier molecular flexibility index (Phi) is 9.49. The fourth-order valence-electron chi connectivity index (χ4n) is 2.76. The van der Waals surface area contributed by atoms with Crippen molar-refractivity contribution < 1.29 is 4.74 Å². The molecule has 21 heavy (non-hydrogen) atoms. The third kappa shape index (κ3) is 8.77. The second-order valence-corrected chi connectivity index (χ2v) is 6.90. The molecule has 4 nitrogen and oxygen atoms in total. The summed E-state index contributed by atoms with van der Waals surface area (Å²) in [5, 5.41) is 0. The van der Waals surface area contributed by atoms with Crippen molar-refractivity contribution in [2.24, 2.45) is 0 Å². The zero-order valence-electron chi connectivity index (χ0n) is 15.0. The third-order valence-corrected chi connectivity index (χ3v) is 4.33. The fourth-order valence-corrected chi connectivity index (χ4v) is 2.76. The smallest absolute Gasteiger partial charge is 0.0596 e. The zero-order valence-corrected chi connectivity index (χ0v) is 15.0. The molecular weight excluding hydrogens is 262 g/mol. The molecule has 126 valence electrons. The van der Waals surface area contributed by atoms with Crippen molar-refractivity contribution >= 4 is 0 Å². The molecule has 0 spiro atoms. The van der Waals surface area contributed by atoms with Gasteiger partial charge >= 0.3 is 0 Å². The molecule has 2 saturated heterocycles. The average molecular weight is 300 g/mol. The van der Waals surface area contributed by atoms with E-state index in [1.165, 1.54) is 52.1 Å². The third-order valence-electron chi connectivity index (χ3n) is 4.33. The molecule has 0 saturated carbocycles. The van der Waals surface area contributed by atoms with Crippen LogP contribution in [0.2, 0.25) is 0 Å². The van der Waals surface area contributed by atoms with Gasteiger partial charge in [-0.15, -0.1) is 0 Å². The molecular formula is C17H37N3O. The van der Waals surface area contributed by atoms with Crippen LogP contribution in [0.25, 0.3) is 0 Å². The van der Waals surface area contributed by atoms with Crippen LogP contribution in [0, 0.1) is 0 Å². The summed E-state index contributed by atoms with van der Waals surface area (Å²) < 4.78 is 5.46. The standard InChI is InChI=1S/C9H19NO.C8H18N2/c1-9(2)11-8-7-10-5-3-4-6-10;1-8(2)10-6-4-9(3)5-7-10/h9H,3-8H2,1-2H3;8H,4-7H2,1-3H3. The first-order valence-corrected chi connectivity index (χ1v) is 8.75. The van der Waals surface area contributed by atoms with Crippen LogP contribution in [0.4, 0.5) is 0 Å². The summed E-state index contributed by atoms with van der Waals surface area (Å²) in [6.07, 6.45) is 3.14. The minimum absolute atomic E-state index is 0.387. The Hall–Kier alpha value is -0.160. The molecule has 0 amide bonds. The van der Waals surface area contributed by atoms with Crippen molar-refractivity contribution in [2.45, 2.75) is 52.7 Å². The van der Waals surface area contributed by atoms with Crippen molar-refractivity contribution in [1.82, 2.24) is 14.7 Å². The van der Waals surface area contributed by atoms with E-state index in [1.807, 2.05) is 0 Å². The molecule has 2 heterocycles. The lowest BCUT2D eigenvalue weighted by Crippen LogP contribution is -2.47. The Balaban J connectivity index is 0.000000211. The van der Waals surface area contributed by atoms with Crippen molar-refractivity contribution in [1.29, 1.82) is 0 Å². The Morgan fingerprint density at radius 3 is 1.90 bits per heavy atom. The lowest BCUT2D eigenvalue weighted by molar-refractivity contribution is 0.0635. The molecule has 0 bridgehead atoms. The molecule has 0 unspecified atom stereocenters. The number of piperazine rings is 1. The quantitative estimate of drug-likeness (QED) is 0.774. The maximum absolute atomic E-state index is 5.46. The van der Waals surface area contributed by atoms with E-state index in [9.17, 15) is 0 Å². The van der Waals surface area contributed by atoms with Crippen LogP contribution < -0.4 is 0 Å². The number of hydrogen-bond acceptors (Lipinski definition) is 4. The van der Waals surface area contributed by atoms with Gasteiger partial charge in [-0.05, 0) is 60.7 Å². The molecule has 2 fully saturated rings. The van der Waals surface area contributed by atoms with E-state index < -0.39 is 0 Å². The predicted octanol–water partition coefficient (Wildman–Crippen LogP) is 2.15. The molecule has 0 aromatic rings. The lowest BCUT2D eigenvalue weighted by atomic mass is 10.2. The number of nitrogens with zero attached hydrogens (tertiary/aromatic N) is 3. The summed E-state index contributed by atoms with van der Waals surface area (Å²) in [4.78, 5) is 7.39. The number of hydrogen-bond donors (Lipinski definition) is 0. The van der Waals surface area contributed by atoms with E-state index in [2.05, 4.69) is 49.4 Å². The Bertz CT molecular complexity index is 244. The molecule has 2 rings (SSSR count). The zero-order chi connectivity index (χ0) is 15.7. The summed E-state index contributed by atoms with van der Waals surface area (Å²) in [6, 6.07) is 0.730. The highest BCUT2D eigenvalue weighted by atomic mass is 16.5. The van der Waals surface area contributed by atoms with Crippen LogP contribution in [0.15, 0.2) is 0 Å². The minimum Gasteiger partial charge on any atom is -0.377 e. The van der Waals surface area contributed by atoms with Gasteiger partial charge in [-0.25, -0.2) is 0 Å². The van der Waals surface area contributed by atoms with Gasteiger partial charge in [0.15, 0.2) is 0 Å². The van der Waals surface area contributed by atoms with Crippen LogP contribution >= 0.6 is 0 Å². The monoisotopic (exact) mass is 299 g/mol. The van der Waals surface area contributed by atoms with Crippen molar-refractivity contribution in [3.05, 3.63) is 0 Å². The summed E-state index contributed by atoms with van der Waals surface area (Å²) in [5.41, 5.74) is 0. The van der Waals surface area contributed by atoms with E-state index >= 15 is 0 Å². The second-order valence-electron chi connectivity index (χ2n) is 6.90. The van der Waals surface area contributed by atoms with Gasteiger partial charge in [-0.2, -0.15) is 0 Å². The second kappa shape index (κ2) is 10.5. The predicted molar refractivity (Wildman–Crippen MR) is 91.0 cm³/mol. The number of likely N-dealkylation sites (tertiary alicyclic amines) is 1. The number of likely N-dealkylation sites (N-methyl/N-ethyl adjacent to an activating group) is 1. The van der Waals surface area contributed by atoms with E-state index in [0.717, 1.165) is 19.2 Å². The molecule has 0 N–H and O–H groups in total. The van der Waals surface area contributed by atoms with Crippen molar-refractivity contribution in [2.75, 3.05) is 59.5 Å². The van der Waals surface area contributed by atoms with Gasteiger partial charge in [0.05, 0.1) is 12.7 Å². The van der Waals surface area contributed by atoms with Gasteiger partial charge in [-0.3, -0.25) is 4.90 Å². The highest BCUT2D eigenvalue weighted by Gasteiger charge is 2.15. The van der Waals surface area contributed by atoms with E-state index in [-0.39, 0.29) is 0 Å². The van der Waals surface area contributed by atoms with E-state index in [0.29, 0.717) is 6.10 Å². The van der Waals surface area contributed by atoms with Crippen molar-refractivity contribution in [3.8, 4) is 0 Å². The fraction of sp³-hybridized carbons (Fsp3) is 1.00.